The fourth-order valence-electron chi connectivity index (χ4n) is 2.56. The summed E-state index contributed by atoms with van der Waals surface area (Å²) in [5.74, 6) is -1.05. The van der Waals surface area contributed by atoms with Crippen LogP contribution >= 0.6 is 0 Å². The molecule has 1 aliphatic rings. The summed E-state index contributed by atoms with van der Waals surface area (Å²) in [6, 6.07) is 3.07. The first kappa shape index (κ1) is 12.1. The highest BCUT2D eigenvalue weighted by Gasteiger charge is 2.24. The standard InChI is InChI=1S/C14H17F2N/c1-2-9-3-5-10(6-4-9)11-7-8-12(17)14(16)13(11)15/h2,7-10H,1,3-6,17H2. The van der Waals surface area contributed by atoms with Crippen molar-refractivity contribution in [2.75, 3.05) is 5.73 Å². The second-order valence-electron chi connectivity index (χ2n) is 4.72. The molecule has 0 bridgehead atoms. The van der Waals surface area contributed by atoms with Gasteiger partial charge in [-0.05, 0) is 49.1 Å². The smallest absolute Gasteiger partial charge is 0.181 e. The molecule has 92 valence electrons. The molecule has 0 amide bonds. The molecular weight excluding hydrogens is 220 g/mol. The van der Waals surface area contributed by atoms with Gasteiger partial charge in [0, 0.05) is 0 Å². The number of nitrogens with two attached hydrogens (primary N) is 1. The Kier molecular flexibility index (Phi) is 3.46. The molecule has 1 saturated carbocycles. The molecule has 1 fully saturated rings. The van der Waals surface area contributed by atoms with Gasteiger partial charge in [-0.1, -0.05) is 12.1 Å². The number of nitrogen functional groups attached to an aromatic ring is 1. The first-order valence-corrected chi connectivity index (χ1v) is 5.99. The van der Waals surface area contributed by atoms with Crippen LogP contribution in [0.4, 0.5) is 14.5 Å². The van der Waals surface area contributed by atoms with Crippen LogP contribution in [0, 0.1) is 17.6 Å². The lowest BCUT2D eigenvalue weighted by molar-refractivity contribution is 0.364. The highest BCUT2D eigenvalue weighted by molar-refractivity contribution is 5.43. The fraction of sp³-hybridized carbons (Fsp3) is 0.429. The minimum Gasteiger partial charge on any atom is -0.396 e. The SMILES string of the molecule is C=CC1CCC(c2ccc(N)c(F)c2F)CC1. The van der Waals surface area contributed by atoms with Crippen molar-refractivity contribution in [3.8, 4) is 0 Å². The third-order valence-corrected chi connectivity index (χ3v) is 3.69. The van der Waals surface area contributed by atoms with E-state index in [4.69, 9.17) is 5.73 Å². The summed E-state index contributed by atoms with van der Waals surface area (Å²) in [5.41, 5.74) is 5.69. The van der Waals surface area contributed by atoms with Gasteiger partial charge in [0.2, 0.25) is 0 Å². The molecule has 0 aliphatic heterocycles. The summed E-state index contributed by atoms with van der Waals surface area (Å²) in [6.45, 7) is 3.77. The van der Waals surface area contributed by atoms with Crippen molar-refractivity contribution in [1.29, 1.82) is 0 Å². The van der Waals surface area contributed by atoms with Gasteiger partial charge in [0.1, 0.15) is 0 Å². The Morgan fingerprint density at radius 2 is 1.76 bits per heavy atom. The van der Waals surface area contributed by atoms with Crippen molar-refractivity contribution in [3.63, 3.8) is 0 Å². The van der Waals surface area contributed by atoms with Crippen LogP contribution in [0.5, 0.6) is 0 Å². The molecule has 0 spiro atoms. The number of anilines is 1. The van der Waals surface area contributed by atoms with Crippen molar-refractivity contribution in [3.05, 3.63) is 42.0 Å². The predicted octanol–water partition coefficient (Wildman–Crippen LogP) is 4.01. The van der Waals surface area contributed by atoms with E-state index in [2.05, 4.69) is 6.58 Å². The summed E-state index contributed by atoms with van der Waals surface area (Å²) in [4.78, 5) is 0. The minimum atomic E-state index is -0.909. The van der Waals surface area contributed by atoms with Gasteiger partial charge in [-0.25, -0.2) is 8.78 Å². The van der Waals surface area contributed by atoms with Gasteiger partial charge in [-0.15, -0.1) is 6.58 Å². The molecule has 0 saturated heterocycles. The number of halogens is 2. The van der Waals surface area contributed by atoms with Crippen LogP contribution in [-0.2, 0) is 0 Å². The molecule has 2 N–H and O–H groups in total. The fourth-order valence-corrected chi connectivity index (χ4v) is 2.56. The number of hydrogen-bond donors (Lipinski definition) is 1. The monoisotopic (exact) mass is 237 g/mol. The van der Waals surface area contributed by atoms with E-state index in [1.54, 1.807) is 6.07 Å². The molecule has 1 nitrogen and oxygen atoms in total. The Bertz CT molecular complexity index is 420. The average molecular weight is 237 g/mol. The van der Waals surface area contributed by atoms with Gasteiger partial charge in [-0.2, -0.15) is 0 Å². The zero-order valence-corrected chi connectivity index (χ0v) is 9.76. The first-order chi connectivity index (χ1) is 8.13. The summed E-state index contributed by atoms with van der Waals surface area (Å²) < 4.78 is 27.1. The molecule has 3 heteroatoms. The van der Waals surface area contributed by atoms with Gasteiger partial charge in [0.15, 0.2) is 11.6 Å². The maximum atomic E-state index is 13.8. The van der Waals surface area contributed by atoms with Crippen molar-refractivity contribution in [1.82, 2.24) is 0 Å². The van der Waals surface area contributed by atoms with E-state index in [0.717, 1.165) is 25.7 Å². The predicted molar refractivity (Wildman–Crippen MR) is 65.7 cm³/mol. The largest absolute Gasteiger partial charge is 0.396 e. The summed E-state index contributed by atoms with van der Waals surface area (Å²) >= 11 is 0. The second kappa shape index (κ2) is 4.86. The lowest BCUT2D eigenvalue weighted by atomic mass is 9.78. The minimum absolute atomic E-state index is 0.112. The van der Waals surface area contributed by atoms with Gasteiger partial charge < -0.3 is 5.73 Å². The number of allylic oxidation sites excluding steroid dienone is 1. The van der Waals surface area contributed by atoms with Crippen molar-refractivity contribution < 1.29 is 8.78 Å². The van der Waals surface area contributed by atoms with Crippen LogP contribution in [0.2, 0.25) is 0 Å². The Morgan fingerprint density at radius 3 is 2.35 bits per heavy atom. The molecule has 1 aromatic rings. The average Bonchev–Trinajstić information content (AvgIpc) is 2.36. The molecular formula is C14H17F2N. The van der Waals surface area contributed by atoms with Gasteiger partial charge >= 0.3 is 0 Å². The van der Waals surface area contributed by atoms with Crippen LogP contribution in [-0.4, -0.2) is 0 Å². The van der Waals surface area contributed by atoms with Crippen LogP contribution < -0.4 is 5.73 Å². The summed E-state index contributed by atoms with van der Waals surface area (Å²) in [6.07, 6.45) is 5.73. The molecule has 0 aromatic heterocycles. The van der Waals surface area contributed by atoms with Gasteiger partial charge in [0.25, 0.3) is 0 Å². The Hall–Kier alpha value is -1.38. The van der Waals surface area contributed by atoms with E-state index in [0.29, 0.717) is 11.5 Å². The van der Waals surface area contributed by atoms with Crippen LogP contribution in [0.15, 0.2) is 24.8 Å². The Balaban J connectivity index is 2.19. The van der Waals surface area contributed by atoms with E-state index >= 15 is 0 Å². The second-order valence-corrected chi connectivity index (χ2v) is 4.72. The molecule has 2 rings (SSSR count). The lowest BCUT2D eigenvalue weighted by Gasteiger charge is -2.27. The third-order valence-electron chi connectivity index (χ3n) is 3.69. The first-order valence-electron chi connectivity index (χ1n) is 5.99. The van der Waals surface area contributed by atoms with E-state index in [1.165, 1.54) is 6.07 Å². The molecule has 0 atom stereocenters. The van der Waals surface area contributed by atoms with Crippen LogP contribution in [0.25, 0.3) is 0 Å². The maximum Gasteiger partial charge on any atom is 0.181 e. The maximum absolute atomic E-state index is 13.8. The highest BCUT2D eigenvalue weighted by atomic mass is 19.2. The quantitative estimate of drug-likeness (QED) is 0.610. The molecule has 1 aromatic carbocycles. The third kappa shape index (κ3) is 2.33. The van der Waals surface area contributed by atoms with E-state index < -0.39 is 11.6 Å². The molecule has 17 heavy (non-hydrogen) atoms. The number of benzene rings is 1. The zero-order valence-electron chi connectivity index (χ0n) is 9.76. The van der Waals surface area contributed by atoms with Gasteiger partial charge in [-0.3, -0.25) is 0 Å². The molecule has 0 unspecified atom stereocenters. The van der Waals surface area contributed by atoms with Gasteiger partial charge in [0.05, 0.1) is 5.69 Å². The Morgan fingerprint density at radius 1 is 1.12 bits per heavy atom. The number of hydrogen-bond acceptors (Lipinski definition) is 1. The summed E-state index contributed by atoms with van der Waals surface area (Å²) in [5, 5.41) is 0. The van der Waals surface area contributed by atoms with Crippen LogP contribution in [0.1, 0.15) is 37.2 Å². The molecule has 1 aliphatic carbocycles. The molecule has 0 heterocycles. The van der Waals surface area contributed by atoms with Crippen LogP contribution in [0.3, 0.4) is 0 Å². The topological polar surface area (TPSA) is 26.0 Å². The zero-order chi connectivity index (χ0) is 12.4. The number of rotatable bonds is 2. The Labute approximate surface area is 100 Å². The van der Waals surface area contributed by atoms with E-state index in [1.807, 2.05) is 6.08 Å². The molecule has 0 radical (unpaired) electrons. The van der Waals surface area contributed by atoms with E-state index in [9.17, 15) is 8.78 Å². The highest BCUT2D eigenvalue weighted by Crippen LogP contribution is 2.38. The lowest BCUT2D eigenvalue weighted by Crippen LogP contribution is -2.13. The van der Waals surface area contributed by atoms with Crippen molar-refractivity contribution in [2.24, 2.45) is 5.92 Å². The van der Waals surface area contributed by atoms with Crippen molar-refractivity contribution >= 4 is 5.69 Å². The normalized spacial score (nSPS) is 24.6. The van der Waals surface area contributed by atoms with Crippen molar-refractivity contribution in [2.45, 2.75) is 31.6 Å². The van der Waals surface area contributed by atoms with E-state index in [-0.39, 0.29) is 11.6 Å². The summed E-state index contributed by atoms with van der Waals surface area (Å²) in [7, 11) is 0.